The number of rotatable bonds is 8. The van der Waals surface area contributed by atoms with E-state index in [4.69, 9.17) is 20.6 Å². The minimum Gasteiger partial charge on any atom is -0.361 e. The predicted molar refractivity (Wildman–Crippen MR) is 127 cm³/mol. The summed E-state index contributed by atoms with van der Waals surface area (Å²) in [6.07, 6.45) is 1.60. The first-order valence-electron chi connectivity index (χ1n) is 9.71. The molecule has 0 saturated carbocycles. The molecule has 0 aliphatic carbocycles. The van der Waals surface area contributed by atoms with E-state index in [0.29, 0.717) is 35.8 Å². The van der Waals surface area contributed by atoms with Gasteiger partial charge < -0.3 is 19.7 Å². The van der Waals surface area contributed by atoms with Crippen LogP contribution in [0.25, 0.3) is 11.4 Å². The van der Waals surface area contributed by atoms with Gasteiger partial charge >= 0.3 is 0 Å². The lowest BCUT2D eigenvalue weighted by Crippen LogP contribution is -2.36. The molecule has 2 heterocycles. The van der Waals surface area contributed by atoms with Crippen LogP contribution in [0.3, 0.4) is 0 Å². The molecule has 1 aromatic carbocycles. The highest BCUT2D eigenvalue weighted by molar-refractivity contribution is 14.0. The molecule has 0 radical (unpaired) electrons. The Morgan fingerprint density at radius 3 is 2.47 bits per heavy atom. The normalized spacial score (nSPS) is 11.3. The largest absolute Gasteiger partial charge is 0.361 e. The van der Waals surface area contributed by atoms with Crippen LogP contribution in [-0.4, -0.2) is 27.8 Å². The first-order chi connectivity index (χ1) is 14.1. The molecular weight excluding hydrogens is 519 g/mol. The Morgan fingerprint density at radius 1 is 1.03 bits per heavy atom. The molecule has 0 atom stereocenters. The van der Waals surface area contributed by atoms with Gasteiger partial charge in [-0.3, -0.25) is 0 Å². The molecule has 0 aliphatic heterocycles. The number of aryl methyl sites for hydroxylation is 2. The summed E-state index contributed by atoms with van der Waals surface area (Å²) < 4.78 is 10.7. The van der Waals surface area contributed by atoms with Crippen molar-refractivity contribution in [3.8, 4) is 11.4 Å². The van der Waals surface area contributed by atoms with Crippen LogP contribution < -0.4 is 10.6 Å². The summed E-state index contributed by atoms with van der Waals surface area (Å²) in [6.45, 7) is 7.70. The monoisotopic (exact) mass is 544 g/mol. The van der Waals surface area contributed by atoms with E-state index in [1.54, 1.807) is 12.1 Å². The highest BCUT2D eigenvalue weighted by Gasteiger charge is 2.14. The Kier molecular flexibility index (Phi) is 9.57. The molecule has 0 unspecified atom stereocenters. The van der Waals surface area contributed by atoms with Crippen molar-refractivity contribution >= 4 is 41.5 Å². The SMILES string of the molecule is CCNC(=NCc1c(CC)noc1CC)NCc1nc(-c2ccc(Cl)cc2)no1.I. The van der Waals surface area contributed by atoms with Crippen molar-refractivity contribution in [2.24, 2.45) is 4.99 Å². The van der Waals surface area contributed by atoms with Crippen molar-refractivity contribution in [2.45, 2.75) is 46.7 Å². The van der Waals surface area contributed by atoms with E-state index in [1.165, 1.54) is 0 Å². The first-order valence-corrected chi connectivity index (χ1v) is 10.1. The second kappa shape index (κ2) is 11.9. The average molecular weight is 545 g/mol. The van der Waals surface area contributed by atoms with Gasteiger partial charge in [0.15, 0.2) is 5.96 Å². The number of hydrogen-bond donors (Lipinski definition) is 2. The molecule has 0 fully saturated rings. The van der Waals surface area contributed by atoms with Crippen molar-refractivity contribution in [1.82, 2.24) is 25.9 Å². The van der Waals surface area contributed by atoms with Gasteiger partial charge in [-0.15, -0.1) is 24.0 Å². The summed E-state index contributed by atoms with van der Waals surface area (Å²) >= 11 is 5.92. The molecule has 162 valence electrons. The molecule has 0 spiro atoms. The van der Waals surface area contributed by atoms with Crippen LogP contribution in [0.4, 0.5) is 0 Å². The summed E-state index contributed by atoms with van der Waals surface area (Å²) in [4.78, 5) is 9.07. The third-order valence-electron chi connectivity index (χ3n) is 4.32. The Balaban J connectivity index is 0.00000320. The van der Waals surface area contributed by atoms with E-state index < -0.39 is 0 Å². The maximum absolute atomic E-state index is 5.92. The number of aromatic nitrogens is 3. The molecule has 10 heteroatoms. The van der Waals surface area contributed by atoms with Crippen LogP contribution in [0.2, 0.25) is 5.02 Å². The minimum absolute atomic E-state index is 0. The molecule has 0 bridgehead atoms. The highest BCUT2D eigenvalue weighted by Crippen LogP contribution is 2.19. The number of benzene rings is 1. The molecule has 0 amide bonds. The maximum Gasteiger partial charge on any atom is 0.246 e. The van der Waals surface area contributed by atoms with Crippen molar-refractivity contribution in [1.29, 1.82) is 0 Å². The fraction of sp³-hybridized carbons (Fsp3) is 0.400. The minimum atomic E-state index is 0. The lowest BCUT2D eigenvalue weighted by Gasteiger charge is -2.09. The van der Waals surface area contributed by atoms with Gasteiger partial charge in [0, 0.05) is 29.1 Å². The van der Waals surface area contributed by atoms with Crippen LogP contribution in [0, 0.1) is 0 Å². The van der Waals surface area contributed by atoms with Gasteiger partial charge in [-0.25, -0.2) is 4.99 Å². The Labute approximate surface area is 197 Å². The average Bonchev–Trinajstić information content (AvgIpc) is 3.37. The predicted octanol–water partition coefficient (Wildman–Crippen LogP) is 4.38. The van der Waals surface area contributed by atoms with Crippen molar-refractivity contribution in [2.75, 3.05) is 6.54 Å². The third kappa shape index (κ3) is 6.18. The topological polar surface area (TPSA) is 101 Å². The molecule has 0 aliphatic rings. The summed E-state index contributed by atoms with van der Waals surface area (Å²) in [5.41, 5.74) is 2.84. The maximum atomic E-state index is 5.92. The van der Waals surface area contributed by atoms with E-state index in [-0.39, 0.29) is 24.0 Å². The van der Waals surface area contributed by atoms with Gasteiger partial charge in [-0.1, -0.05) is 35.8 Å². The van der Waals surface area contributed by atoms with E-state index in [1.807, 2.05) is 26.0 Å². The van der Waals surface area contributed by atoms with E-state index >= 15 is 0 Å². The van der Waals surface area contributed by atoms with Gasteiger partial charge in [-0.05, 0) is 37.6 Å². The molecule has 2 N–H and O–H groups in total. The van der Waals surface area contributed by atoms with Crippen molar-refractivity contribution in [3.63, 3.8) is 0 Å². The van der Waals surface area contributed by atoms with Gasteiger partial charge in [-0.2, -0.15) is 4.98 Å². The Bertz CT molecular complexity index is 933. The van der Waals surface area contributed by atoms with E-state index in [9.17, 15) is 0 Å². The standard InChI is InChI=1S/C20H25ClN6O2.HI/c1-4-16-15(17(5-2)28-26-16)11-23-20(22-6-3)24-12-18-25-19(27-29-18)13-7-9-14(21)10-8-13;/h7-10H,4-6,11-12H2,1-3H3,(H2,22,23,24);1H. The summed E-state index contributed by atoms with van der Waals surface area (Å²) in [6, 6.07) is 7.29. The second-order valence-corrected chi connectivity index (χ2v) is 6.74. The highest BCUT2D eigenvalue weighted by atomic mass is 127. The van der Waals surface area contributed by atoms with Crippen LogP contribution in [0.15, 0.2) is 38.3 Å². The van der Waals surface area contributed by atoms with Crippen LogP contribution in [-0.2, 0) is 25.9 Å². The lowest BCUT2D eigenvalue weighted by molar-refractivity contribution is 0.375. The van der Waals surface area contributed by atoms with E-state index in [0.717, 1.165) is 42.0 Å². The van der Waals surface area contributed by atoms with Crippen molar-refractivity contribution < 1.29 is 9.05 Å². The number of guanidine groups is 1. The third-order valence-corrected chi connectivity index (χ3v) is 4.58. The summed E-state index contributed by atoms with van der Waals surface area (Å²) in [5.74, 6) is 2.52. The Morgan fingerprint density at radius 2 is 1.80 bits per heavy atom. The van der Waals surface area contributed by atoms with Crippen molar-refractivity contribution in [3.05, 3.63) is 52.2 Å². The number of halogens is 2. The van der Waals surface area contributed by atoms with Crippen LogP contribution in [0.5, 0.6) is 0 Å². The van der Waals surface area contributed by atoms with Gasteiger partial charge in [0.05, 0.1) is 18.8 Å². The number of aliphatic imine (C=N–C) groups is 1. The number of nitrogens with zero attached hydrogens (tertiary/aromatic N) is 4. The molecular formula is C20H26ClIN6O2. The second-order valence-electron chi connectivity index (χ2n) is 6.31. The number of nitrogens with one attached hydrogen (secondary N) is 2. The zero-order chi connectivity index (χ0) is 20.6. The quantitative estimate of drug-likeness (QED) is 0.247. The lowest BCUT2D eigenvalue weighted by atomic mass is 10.1. The fourth-order valence-corrected chi connectivity index (χ4v) is 2.94. The molecule has 8 nitrogen and oxygen atoms in total. The smallest absolute Gasteiger partial charge is 0.246 e. The molecule has 3 rings (SSSR count). The summed E-state index contributed by atoms with van der Waals surface area (Å²) in [7, 11) is 0. The zero-order valence-corrected chi connectivity index (χ0v) is 20.3. The molecule has 30 heavy (non-hydrogen) atoms. The van der Waals surface area contributed by atoms with Gasteiger partial charge in [0.25, 0.3) is 0 Å². The fourth-order valence-electron chi connectivity index (χ4n) is 2.82. The van der Waals surface area contributed by atoms with Crippen LogP contribution in [0.1, 0.15) is 43.7 Å². The Hall–Kier alpha value is -2.14. The zero-order valence-electron chi connectivity index (χ0n) is 17.2. The van der Waals surface area contributed by atoms with E-state index in [2.05, 4.69) is 37.8 Å². The van der Waals surface area contributed by atoms with Gasteiger partial charge in [0.2, 0.25) is 11.7 Å². The van der Waals surface area contributed by atoms with Crippen LogP contribution >= 0.6 is 35.6 Å². The summed E-state index contributed by atoms with van der Waals surface area (Å²) in [5, 5.41) is 15.3. The molecule has 2 aromatic heterocycles. The first kappa shape index (κ1) is 24.1. The molecule has 3 aromatic rings. The number of hydrogen-bond acceptors (Lipinski definition) is 6. The van der Waals surface area contributed by atoms with Gasteiger partial charge in [0.1, 0.15) is 5.76 Å². The molecule has 0 saturated heterocycles.